The molecule has 0 spiro atoms. The highest BCUT2D eigenvalue weighted by atomic mass is 32.1. The van der Waals surface area contributed by atoms with E-state index in [4.69, 9.17) is 5.11 Å². The summed E-state index contributed by atoms with van der Waals surface area (Å²) in [6.45, 7) is 3.16. The first-order valence-electron chi connectivity index (χ1n) is 9.71. The summed E-state index contributed by atoms with van der Waals surface area (Å²) in [6.07, 6.45) is 1.56. The number of rotatable bonds is 5. The molecule has 1 aromatic carbocycles. The van der Waals surface area contributed by atoms with Crippen LogP contribution in [0.5, 0.6) is 0 Å². The Labute approximate surface area is 168 Å². The number of benzene rings is 1. The monoisotopic (exact) mass is 399 g/mol. The van der Waals surface area contributed by atoms with Crippen LogP contribution in [-0.2, 0) is 17.8 Å². The van der Waals surface area contributed by atoms with E-state index in [2.05, 4.69) is 33.8 Å². The van der Waals surface area contributed by atoms with Gasteiger partial charge in [-0.25, -0.2) is 4.79 Å². The molecule has 2 aliphatic rings. The summed E-state index contributed by atoms with van der Waals surface area (Å²) in [4.78, 5) is 29.2. The molecule has 7 heteroatoms. The van der Waals surface area contributed by atoms with Crippen molar-refractivity contribution in [1.82, 2.24) is 15.1 Å². The molecule has 2 aliphatic heterocycles. The molecule has 1 aromatic heterocycles. The van der Waals surface area contributed by atoms with Crippen molar-refractivity contribution in [1.29, 1.82) is 0 Å². The lowest BCUT2D eigenvalue weighted by Crippen LogP contribution is -2.44. The van der Waals surface area contributed by atoms with Gasteiger partial charge in [-0.2, -0.15) is 0 Å². The van der Waals surface area contributed by atoms with Crippen molar-refractivity contribution in [2.75, 3.05) is 26.2 Å². The van der Waals surface area contributed by atoms with Gasteiger partial charge in [-0.3, -0.25) is 9.69 Å². The van der Waals surface area contributed by atoms with Crippen LogP contribution in [0.4, 0.5) is 4.79 Å². The summed E-state index contributed by atoms with van der Waals surface area (Å²) >= 11 is 1.82. The Kier molecular flexibility index (Phi) is 5.64. The predicted molar refractivity (Wildman–Crippen MR) is 108 cm³/mol. The second kappa shape index (κ2) is 8.32. The molecule has 2 N–H and O–H groups in total. The van der Waals surface area contributed by atoms with Gasteiger partial charge in [0.25, 0.3) is 0 Å². The number of nitrogens with zero attached hydrogens (tertiary/aromatic N) is 2. The van der Waals surface area contributed by atoms with Gasteiger partial charge in [-0.05, 0) is 35.4 Å². The van der Waals surface area contributed by atoms with E-state index in [1.807, 2.05) is 29.5 Å². The van der Waals surface area contributed by atoms with Gasteiger partial charge in [-0.1, -0.05) is 30.3 Å². The fourth-order valence-electron chi connectivity index (χ4n) is 4.11. The summed E-state index contributed by atoms with van der Waals surface area (Å²) in [5.74, 6) is -1.27. The van der Waals surface area contributed by atoms with Crippen LogP contribution in [0.1, 0.15) is 28.5 Å². The molecule has 6 nitrogen and oxygen atoms in total. The van der Waals surface area contributed by atoms with Crippen molar-refractivity contribution in [2.24, 2.45) is 5.92 Å². The molecular formula is C21H25N3O3S. The number of amides is 2. The average molecular weight is 400 g/mol. The summed E-state index contributed by atoms with van der Waals surface area (Å²) < 4.78 is 0. The number of carboxylic acid groups (broad SMARTS) is 1. The van der Waals surface area contributed by atoms with Crippen LogP contribution in [0.25, 0.3) is 0 Å². The van der Waals surface area contributed by atoms with Gasteiger partial charge in [0.1, 0.15) is 0 Å². The highest BCUT2D eigenvalue weighted by Gasteiger charge is 2.32. The van der Waals surface area contributed by atoms with E-state index in [0.717, 1.165) is 19.5 Å². The number of thiophene rings is 1. The molecular weight excluding hydrogens is 374 g/mol. The Morgan fingerprint density at radius 2 is 2.04 bits per heavy atom. The second-order valence-corrected chi connectivity index (χ2v) is 8.47. The van der Waals surface area contributed by atoms with Gasteiger partial charge in [0.15, 0.2) is 0 Å². The summed E-state index contributed by atoms with van der Waals surface area (Å²) in [7, 11) is 0. The molecule has 1 fully saturated rings. The quantitative estimate of drug-likeness (QED) is 0.811. The minimum absolute atomic E-state index is 0.0936. The lowest BCUT2D eigenvalue weighted by Gasteiger charge is -2.35. The Bertz CT molecular complexity index is 838. The van der Waals surface area contributed by atoms with Gasteiger partial charge in [0.2, 0.25) is 0 Å². The third-order valence-electron chi connectivity index (χ3n) is 5.73. The molecule has 0 bridgehead atoms. The van der Waals surface area contributed by atoms with Gasteiger partial charge in [-0.15, -0.1) is 11.3 Å². The fraction of sp³-hybridized carbons (Fsp3) is 0.429. The van der Waals surface area contributed by atoms with E-state index in [1.165, 1.54) is 16.0 Å². The van der Waals surface area contributed by atoms with Crippen LogP contribution < -0.4 is 5.32 Å². The van der Waals surface area contributed by atoms with Crippen LogP contribution in [0, 0.1) is 5.92 Å². The first-order chi connectivity index (χ1) is 13.6. The molecule has 2 atom stereocenters. The molecule has 2 amide bonds. The lowest BCUT2D eigenvalue weighted by atomic mass is 10.0. The number of carbonyl (C=O) groups excluding carboxylic acids is 1. The van der Waals surface area contributed by atoms with Crippen molar-refractivity contribution in [2.45, 2.75) is 25.4 Å². The third kappa shape index (κ3) is 4.05. The van der Waals surface area contributed by atoms with Crippen molar-refractivity contribution in [3.05, 3.63) is 57.8 Å². The zero-order valence-electron chi connectivity index (χ0n) is 15.7. The number of likely N-dealkylation sites (tertiary alicyclic amines) is 1. The molecule has 148 valence electrons. The molecule has 2 unspecified atom stereocenters. The number of carboxylic acids is 1. The molecule has 0 aliphatic carbocycles. The Hall–Kier alpha value is -2.38. The number of urea groups is 1. The molecule has 28 heavy (non-hydrogen) atoms. The summed E-state index contributed by atoms with van der Waals surface area (Å²) in [5, 5.41) is 14.4. The fourth-order valence-corrected chi connectivity index (χ4v) is 5.00. The smallest absolute Gasteiger partial charge is 0.317 e. The van der Waals surface area contributed by atoms with Crippen LogP contribution in [-0.4, -0.2) is 53.1 Å². The number of fused-ring (bicyclic) bond motifs is 1. The zero-order valence-corrected chi connectivity index (χ0v) is 16.5. The number of carbonyl (C=O) groups is 2. The highest BCUT2D eigenvalue weighted by Crippen LogP contribution is 2.30. The van der Waals surface area contributed by atoms with Crippen molar-refractivity contribution < 1.29 is 14.7 Å². The first-order valence-corrected chi connectivity index (χ1v) is 10.6. The van der Waals surface area contributed by atoms with E-state index in [-0.39, 0.29) is 12.1 Å². The van der Waals surface area contributed by atoms with Crippen LogP contribution in [0.2, 0.25) is 0 Å². The van der Waals surface area contributed by atoms with Crippen LogP contribution in [0.15, 0.2) is 41.8 Å². The standard InChI is InChI=1S/C21H25N3O3S/c25-20(26)17-6-9-24(14-17)21(27)22-12-18(15-4-2-1-3-5-15)23-10-7-19-16(13-23)8-11-28-19/h1-5,8,11,17-18H,6-7,9-10,12-14H2,(H,22,27)(H,25,26). The molecule has 0 saturated carbocycles. The number of aliphatic carboxylic acids is 1. The summed E-state index contributed by atoms with van der Waals surface area (Å²) in [6, 6.07) is 12.4. The molecule has 1 saturated heterocycles. The van der Waals surface area contributed by atoms with Crippen molar-refractivity contribution in [3.8, 4) is 0 Å². The molecule has 4 rings (SSSR count). The lowest BCUT2D eigenvalue weighted by molar-refractivity contribution is -0.141. The summed E-state index contributed by atoms with van der Waals surface area (Å²) in [5.41, 5.74) is 2.57. The van der Waals surface area contributed by atoms with Crippen molar-refractivity contribution >= 4 is 23.3 Å². The second-order valence-electron chi connectivity index (χ2n) is 7.47. The Morgan fingerprint density at radius 1 is 1.21 bits per heavy atom. The van der Waals surface area contributed by atoms with Gasteiger partial charge < -0.3 is 15.3 Å². The molecule has 3 heterocycles. The van der Waals surface area contributed by atoms with E-state index >= 15 is 0 Å². The van der Waals surface area contributed by atoms with Crippen molar-refractivity contribution in [3.63, 3.8) is 0 Å². The van der Waals surface area contributed by atoms with E-state index in [0.29, 0.717) is 26.1 Å². The van der Waals surface area contributed by atoms with Crippen LogP contribution in [0.3, 0.4) is 0 Å². The number of hydrogen-bond acceptors (Lipinski definition) is 4. The number of hydrogen-bond donors (Lipinski definition) is 2. The maximum absolute atomic E-state index is 12.6. The normalized spacial score (nSPS) is 20.6. The topological polar surface area (TPSA) is 72.9 Å². The maximum Gasteiger partial charge on any atom is 0.317 e. The predicted octanol–water partition coefficient (Wildman–Crippen LogP) is 2.96. The van der Waals surface area contributed by atoms with Gasteiger partial charge >= 0.3 is 12.0 Å². The highest BCUT2D eigenvalue weighted by molar-refractivity contribution is 7.10. The first kappa shape index (κ1) is 19.0. The molecule has 0 radical (unpaired) electrons. The van der Waals surface area contributed by atoms with E-state index in [9.17, 15) is 9.59 Å². The zero-order chi connectivity index (χ0) is 19.5. The van der Waals surface area contributed by atoms with Gasteiger partial charge in [0.05, 0.1) is 12.0 Å². The number of nitrogens with one attached hydrogen (secondary N) is 1. The average Bonchev–Trinajstić information content (AvgIpc) is 3.38. The van der Waals surface area contributed by atoms with E-state index < -0.39 is 11.9 Å². The van der Waals surface area contributed by atoms with Crippen LogP contribution >= 0.6 is 11.3 Å². The SMILES string of the molecule is O=C(O)C1CCN(C(=O)NCC(c2ccccc2)N2CCc3sccc3C2)C1. The molecule has 2 aromatic rings. The third-order valence-corrected chi connectivity index (χ3v) is 6.76. The Morgan fingerprint density at radius 3 is 2.79 bits per heavy atom. The van der Waals surface area contributed by atoms with E-state index in [1.54, 1.807) is 4.90 Å². The maximum atomic E-state index is 12.6. The largest absolute Gasteiger partial charge is 0.481 e. The van der Waals surface area contributed by atoms with Gasteiger partial charge in [0, 0.05) is 37.6 Å². The minimum Gasteiger partial charge on any atom is -0.481 e. The Balaban J connectivity index is 1.43. The minimum atomic E-state index is -0.822.